The molecule has 0 aliphatic heterocycles. The van der Waals surface area contributed by atoms with Crippen LogP contribution >= 0.6 is 0 Å². The van der Waals surface area contributed by atoms with E-state index in [0.717, 1.165) is 0 Å². The number of Topliss-reactive ketones (excluding diaryl/α,β-unsaturated/α-hetero) is 1. The van der Waals surface area contributed by atoms with Gasteiger partial charge in [0.05, 0.1) is 4.90 Å². The Balaban J connectivity index is 2.85. The van der Waals surface area contributed by atoms with Crippen LogP contribution in [0.1, 0.15) is 30.6 Å². The number of carbonyl (C=O) groups is 1. The first kappa shape index (κ1) is 14.8. The van der Waals surface area contributed by atoms with Crippen LogP contribution in [-0.2, 0) is 10.0 Å². The molecule has 0 aliphatic rings. The second-order valence-corrected chi connectivity index (χ2v) is 6.01. The molecule has 1 unspecified atom stereocenters. The Labute approximate surface area is 107 Å². The number of sulfonamides is 1. The van der Waals surface area contributed by atoms with Crippen LogP contribution in [0.5, 0.6) is 0 Å². The molecule has 1 rings (SSSR count). The van der Waals surface area contributed by atoms with Crippen molar-refractivity contribution in [2.45, 2.75) is 31.2 Å². The highest BCUT2D eigenvalue weighted by Crippen LogP contribution is 2.11. The third-order valence-corrected chi connectivity index (χ3v) is 3.90. The fourth-order valence-corrected chi connectivity index (χ4v) is 2.48. The van der Waals surface area contributed by atoms with Crippen molar-refractivity contribution in [3.8, 4) is 0 Å². The standard InChI is InChI=1S/C12H18N2O3S/c1-9(13)6-7-14-18(16,17)12-5-3-4-11(8-12)10(2)15/h3-5,8-9,14H,6-7,13H2,1-2H3. The third kappa shape index (κ3) is 4.21. The van der Waals surface area contributed by atoms with Crippen molar-refractivity contribution in [2.75, 3.05) is 6.54 Å². The highest BCUT2D eigenvalue weighted by molar-refractivity contribution is 7.89. The summed E-state index contributed by atoms with van der Waals surface area (Å²) in [6.45, 7) is 3.49. The molecule has 3 N–H and O–H groups in total. The van der Waals surface area contributed by atoms with Gasteiger partial charge in [0.1, 0.15) is 0 Å². The molecule has 0 aromatic heterocycles. The van der Waals surface area contributed by atoms with Gasteiger partial charge in [0, 0.05) is 18.2 Å². The quantitative estimate of drug-likeness (QED) is 0.752. The minimum absolute atomic E-state index is 0.0590. The summed E-state index contributed by atoms with van der Waals surface area (Å²) in [6.07, 6.45) is 0.561. The van der Waals surface area contributed by atoms with Crippen LogP contribution in [0.2, 0.25) is 0 Å². The molecule has 0 fully saturated rings. The van der Waals surface area contributed by atoms with E-state index in [1.54, 1.807) is 12.1 Å². The number of hydrogen-bond donors (Lipinski definition) is 2. The zero-order valence-corrected chi connectivity index (χ0v) is 11.3. The molecule has 5 nitrogen and oxygen atoms in total. The lowest BCUT2D eigenvalue weighted by molar-refractivity contribution is 0.101. The monoisotopic (exact) mass is 270 g/mol. The van der Waals surface area contributed by atoms with Crippen LogP contribution < -0.4 is 10.5 Å². The number of benzene rings is 1. The topological polar surface area (TPSA) is 89.3 Å². The van der Waals surface area contributed by atoms with Gasteiger partial charge in [-0.1, -0.05) is 12.1 Å². The number of rotatable bonds is 6. The van der Waals surface area contributed by atoms with Crippen LogP contribution in [0.3, 0.4) is 0 Å². The van der Waals surface area contributed by atoms with Crippen molar-refractivity contribution in [3.05, 3.63) is 29.8 Å². The predicted molar refractivity (Wildman–Crippen MR) is 69.9 cm³/mol. The highest BCUT2D eigenvalue weighted by Gasteiger charge is 2.14. The summed E-state index contributed by atoms with van der Waals surface area (Å²) in [4.78, 5) is 11.3. The number of carbonyl (C=O) groups excluding carboxylic acids is 1. The van der Waals surface area contributed by atoms with E-state index >= 15 is 0 Å². The molecule has 0 bridgehead atoms. The first-order chi connectivity index (χ1) is 8.33. The van der Waals surface area contributed by atoms with Gasteiger partial charge in [0.25, 0.3) is 0 Å². The Bertz CT molecular complexity index is 524. The second-order valence-electron chi connectivity index (χ2n) is 4.25. The average molecular weight is 270 g/mol. The van der Waals surface area contributed by atoms with E-state index < -0.39 is 10.0 Å². The van der Waals surface area contributed by atoms with E-state index in [1.165, 1.54) is 19.1 Å². The fourth-order valence-electron chi connectivity index (χ4n) is 1.39. The molecule has 18 heavy (non-hydrogen) atoms. The molecule has 1 aromatic carbocycles. The molecule has 0 radical (unpaired) electrons. The molecule has 6 heteroatoms. The molecule has 100 valence electrons. The van der Waals surface area contributed by atoms with Gasteiger partial charge in [-0.2, -0.15) is 0 Å². The minimum Gasteiger partial charge on any atom is -0.328 e. The Morgan fingerprint density at radius 2 is 2.11 bits per heavy atom. The van der Waals surface area contributed by atoms with Gasteiger partial charge in [-0.25, -0.2) is 13.1 Å². The molecule has 1 atom stereocenters. The van der Waals surface area contributed by atoms with Gasteiger partial charge in [-0.3, -0.25) is 4.79 Å². The zero-order valence-electron chi connectivity index (χ0n) is 10.5. The second kappa shape index (κ2) is 6.08. The van der Waals surface area contributed by atoms with Crippen molar-refractivity contribution < 1.29 is 13.2 Å². The molecular formula is C12H18N2O3S. The van der Waals surface area contributed by atoms with E-state index in [4.69, 9.17) is 5.73 Å². The Hall–Kier alpha value is -1.24. The molecule has 0 amide bonds. The lowest BCUT2D eigenvalue weighted by Crippen LogP contribution is -2.29. The molecule has 0 saturated carbocycles. The Kier molecular flexibility index (Phi) is 5.01. The summed E-state index contributed by atoms with van der Waals surface area (Å²) >= 11 is 0. The molecule has 0 aliphatic carbocycles. The lowest BCUT2D eigenvalue weighted by Gasteiger charge is -2.09. The fraction of sp³-hybridized carbons (Fsp3) is 0.417. The number of nitrogens with two attached hydrogens (primary N) is 1. The number of hydrogen-bond acceptors (Lipinski definition) is 4. The van der Waals surface area contributed by atoms with Crippen molar-refractivity contribution in [1.82, 2.24) is 4.72 Å². The van der Waals surface area contributed by atoms with Crippen LogP contribution in [0, 0.1) is 0 Å². The van der Waals surface area contributed by atoms with Gasteiger partial charge >= 0.3 is 0 Å². The van der Waals surface area contributed by atoms with E-state index in [2.05, 4.69) is 4.72 Å². The SMILES string of the molecule is CC(=O)c1cccc(S(=O)(=O)NCCC(C)N)c1. The highest BCUT2D eigenvalue weighted by atomic mass is 32.2. The Morgan fingerprint density at radius 3 is 2.67 bits per heavy atom. The largest absolute Gasteiger partial charge is 0.328 e. The molecule has 0 spiro atoms. The van der Waals surface area contributed by atoms with Crippen LogP contribution in [0.15, 0.2) is 29.2 Å². The smallest absolute Gasteiger partial charge is 0.240 e. The average Bonchev–Trinajstić information content (AvgIpc) is 2.28. The predicted octanol–water partition coefficient (Wildman–Crippen LogP) is 0.905. The summed E-state index contributed by atoms with van der Waals surface area (Å²) in [5.74, 6) is -0.164. The van der Waals surface area contributed by atoms with Gasteiger partial charge in [0.2, 0.25) is 10.0 Å². The van der Waals surface area contributed by atoms with Crippen LogP contribution in [0.25, 0.3) is 0 Å². The number of ketones is 1. The van der Waals surface area contributed by atoms with Crippen molar-refractivity contribution in [1.29, 1.82) is 0 Å². The Morgan fingerprint density at radius 1 is 1.44 bits per heavy atom. The van der Waals surface area contributed by atoms with E-state index in [9.17, 15) is 13.2 Å². The van der Waals surface area contributed by atoms with Gasteiger partial charge < -0.3 is 5.73 Å². The van der Waals surface area contributed by atoms with Gasteiger partial charge in [0.15, 0.2) is 5.78 Å². The van der Waals surface area contributed by atoms with E-state index in [1.807, 2.05) is 6.92 Å². The lowest BCUT2D eigenvalue weighted by atomic mass is 10.2. The molecule has 0 heterocycles. The summed E-state index contributed by atoms with van der Waals surface area (Å²) in [5, 5.41) is 0. The first-order valence-corrected chi connectivity index (χ1v) is 7.17. The molecule has 0 saturated heterocycles. The first-order valence-electron chi connectivity index (χ1n) is 5.69. The van der Waals surface area contributed by atoms with E-state index in [0.29, 0.717) is 12.0 Å². The minimum atomic E-state index is -3.57. The van der Waals surface area contributed by atoms with Crippen LogP contribution in [-0.4, -0.2) is 26.8 Å². The van der Waals surface area contributed by atoms with E-state index in [-0.39, 0.29) is 23.3 Å². The van der Waals surface area contributed by atoms with Crippen molar-refractivity contribution >= 4 is 15.8 Å². The molecular weight excluding hydrogens is 252 g/mol. The normalized spacial score (nSPS) is 13.3. The number of nitrogens with one attached hydrogen (secondary N) is 1. The zero-order chi connectivity index (χ0) is 13.8. The third-order valence-electron chi connectivity index (χ3n) is 2.44. The maximum atomic E-state index is 11.9. The molecule has 1 aromatic rings. The van der Waals surface area contributed by atoms with Gasteiger partial charge in [-0.15, -0.1) is 0 Å². The summed E-state index contributed by atoms with van der Waals surface area (Å²) in [5.41, 5.74) is 5.92. The maximum Gasteiger partial charge on any atom is 0.240 e. The van der Waals surface area contributed by atoms with Crippen LogP contribution in [0.4, 0.5) is 0 Å². The summed E-state index contributed by atoms with van der Waals surface area (Å²) < 4.78 is 26.3. The van der Waals surface area contributed by atoms with Gasteiger partial charge in [-0.05, 0) is 32.4 Å². The summed E-state index contributed by atoms with van der Waals surface area (Å²) in [7, 11) is -3.57. The maximum absolute atomic E-state index is 11.9. The van der Waals surface area contributed by atoms with Crippen molar-refractivity contribution in [2.24, 2.45) is 5.73 Å². The summed E-state index contributed by atoms with van der Waals surface area (Å²) in [6, 6.07) is 5.91. The van der Waals surface area contributed by atoms with Crippen molar-refractivity contribution in [3.63, 3.8) is 0 Å².